The first-order chi connectivity index (χ1) is 13.1. The number of carbonyl (C=O) groups excluding carboxylic acids is 1. The fourth-order valence-electron chi connectivity index (χ4n) is 3.93. The average molecular weight is 382 g/mol. The minimum absolute atomic E-state index is 0.107. The highest BCUT2D eigenvalue weighted by molar-refractivity contribution is 8.14. The van der Waals surface area contributed by atoms with E-state index in [4.69, 9.17) is 4.99 Å². The Morgan fingerprint density at radius 2 is 2.15 bits per heavy atom. The predicted octanol–water partition coefficient (Wildman–Crippen LogP) is 3.88. The van der Waals surface area contributed by atoms with E-state index in [1.54, 1.807) is 0 Å². The van der Waals surface area contributed by atoms with Gasteiger partial charge in [-0.05, 0) is 25.8 Å². The lowest BCUT2D eigenvalue weighted by Gasteiger charge is -2.33. The second-order valence-electron chi connectivity index (χ2n) is 7.35. The van der Waals surface area contributed by atoms with Crippen molar-refractivity contribution in [3.63, 3.8) is 0 Å². The van der Waals surface area contributed by atoms with Crippen LogP contribution in [0.25, 0.3) is 0 Å². The molecule has 1 amide bonds. The van der Waals surface area contributed by atoms with Gasteiger partial charge < -0.3 is 5.32 Å². The summed E-state index contributed by atoms with van der Waals surface area (Å²) in [6.45, 7) is 1.87. The van der Waals surface area contributed by atoms with Gasteiger partial charge in [-0.25, -0.2) is 10.0 Å². The first kappa shape index (κ1) is 18.1. The number of thioether (sulfide) groups is 1. The number of amidine groups is 1. The zero-order chi connectivity index (χ0) is 18.9. The van der Waals surface area contributed by atoms with E-state index < -0.39 is 5.54 Å². The molecular formula is C20H23N5OS. The van der Waals surface area contributed by atoms with Gasteiger partial charge in [0.15, 0.2) is 5.17 Å². The van der Waals surface area contributed by atoms with Crippen molar-refractivity contribution >= 4 is 34.7 Å². The van der Waals surface area contributed by atoms with Crippen LogP contribution < -0.4 is 5.32 Å². The third-order valence-electron chi connectivity index (χ3n) is 5.47. The molecule has 7 heteroatoms. The number of hydrogen-bond acceptors (Lipinski definition) is 6. The van der Waals surface area contributed by atoms with Crippen LogP contribution in [0.2, 0.25) is 0 Å². The fourth-order valence-corrected chi connectivity index (χ4v) is 4.85. The van der Waals surface area contributed by atoms with Crippen molar-refractivity contribution in [2.45, 2.75) is 62.3 Å². The monoisotopic (exact) mass is 381 g/mol. The Kier molecular flexibility index (Phi) is 4.92. The highest BCUT2D eigenvalue weighted by atomic mass is 32.2. The molecule has 0 aromatic heterocycles. The molecule has 1 aliphatic carbocycles. The summed E-state index contributed by atoms with van der Waals surface area (Å²) < 4.78 is 0. The van der Waals surface area contributed by atoms with Gasteiger partial charge in [-0.15, -0.1) is 0 Å². The van der Waals surface area contributed by atoms with Gasteiger partial charge in [-0.1, -0.05) is 49.2 Å². The molecule has 0 radical (unpaired) electrons. The molecule has 0 saturated heterocycles. The SMILES string of the molecule is C[C@H](SC1=Nc2ccccc2[C@@H]2CC=NN12)C(=O)NC1(C#N)CCCCC1. The average Bonchev–Trinajstić information content (AvgIpc) is 3.19. The van der Waals surface area contributed by atoms with Crippen molar-refractivity contribution in [2.75, 3.05) is 0 Å². The van der Waals surface area contributed by atoms with E-state index in [2.05, 4.69) is 22.6 Å². The summed E-state index contributed by atoms with van der Waals surface area (Å²) in [4.78, 5) is 17.5. The van der Waals surface area contributed by atoms with Gasteiger partial charge in [-0.2, -0.15) is 10.4 Å². The smallest absolute Gasteiger partial charge is 0.234 e. The van der Waals surface area contributed by atoms with E-state index in [9.17, 15) is 10.1 Å². The van der Waals surface area contributed by atoms with Crippen LogP contribution in [0.15, 0.2) is 34.4 Å². The number of rotatable bonds is 3. The molecule has 1 saturated carbocycles. The van der Waals surface area contributed by atoms with E-state index in [0.717, 1.165) is 49.4 Å². The summed E-state index contributed by atoms with van der Waals surface area (Å²) in [6, 6.07) is 10.6. The van der Waals surface area contributed by atoms with Crippen molar-refractivity contribution in [3.8, 4) is 6.07 Å². The molecule has 1 aromatic rings. The van der Waals surface area contributed by atoms with Crippen molar-refractivity contribution in [1.29, 1.82) is 5.26 Å². The van der Waals surface area contributed by atoms with E-state index in [-0.39, 0.29) is 17.2 Å². The summed E-state index contributed by atoms with van der Waals surface area (Å²) in [5.41, 5.74) is 1.40. The summed E-state index contributed by atoms with van der Waals surface area (Å²) in [7, 11) is 0. The standard InChI is InChI=1S/C20H23N5OS/c1-14(18(26)24-20(13-21)10-5-2-6-11-20)27-19-23-16-8-4-3-7-15(16)17-9-12-22-25(17)19/h3-4,7-8,12,14,17H,2,5-6,9-11H2,1H3,(H,24,26)/t14-,17-/m0/s1. The highest BCUT2D eigenvalue weighted by Crippen LogP contribution is 2.41. The number of nitrogens with zero attached hydrogens (tertiary/aromatic N) is 4. The van der Waals surface area contributed by atoms with E-state index in [1.807, 2.05) is 36.3 Å². The minimum atomic E-state index is -0.709. The number of fused-ring (bicyclic) bond motifs is 3. The molecule has 1 fully saturated rings. The Bertz CT molecular complexity index is 837. The molecule has 27 heavy (non-hydrogen) atoms. The Balaban J connectivity index is 1.50. The van der Waals surface area contributed by atoms with Gasteiger partial charge in [0.25, 0.3) is 0 Å². The zero-order valence-corrected chi connectivity index (χ0v) is 16.2. The normalized spacial score (nSPS) is 23.6. The number of aliphatic imine (C=N–C) groups is 1. The molecule has 0 spiro atoms. The van der Waals surface area contributed by atoms with Gasteiger partial charge >= 0.3 is 0 Å². The number of para-hydroxylation sites is 1. The molecule has 6 nitrogen and oxygen atoms in total. The van der Waals surface area contributed by atoms with E-state index in [1.165, 1.54) is 17.3 Å². The van der Waals surface area contributed by atoms with Gasteiger partial charge in [0.05, 0.1) is 23.0 Å². The predicted molar refractivity (Wildman–Crippen MR) is 108 cm³/mol. The molecule has 1 aromatic carbocycles. The molecule has 3 aliphatic rings. The first-order valence-electron chi connectivity index (χ1n) is 9.51. The van der Waals surface area contributed by atoms with E-state index in [0.29, 0.717) is 0 Å². The number of carbonyl (C=O) groups is 1. The van der Waals surface area contributed by atoms with Crippen molar-refractivity contribution in [3.05, 3.63) is 29.8 Å². The van der Waals surface area contributed by atoms with Crippen LogP contribution in [0.4, 0.5) is 5.69 Å². The van der Waals surface area contributed by atoms with Crippen molar-refractivity contribution < 1.29 is 4.79 Å². The molecule has 2 atom stereocenters. The largest absolute Gasteiger partial charge is 0.337 e. The van der Waals surface area contributed by atoms with Gasteiger partial charge in [0.2, 0.25) is 5.91 Å². The third-order valence-corrected chi connectivity index (χ3v) is 6.53. The van der Waals surface area contributed by atoms with Crippen molar-refractivity contribution in [1.82, 2.24) is 10.3 Å². The Morgan fingerprint density at radius 1 is 1.37 bits per heavy atom. The summed E-state index contributed by atoms with van der Waals surface area (Å²) >= 11 is 1.41. The van der Waals surface area contributed by atoms with Crippen LogP contribution in [-0.4, -0.2) is 33.1 Å². The second kappa shape index (κ2) is 7.35. The lowest BCUT2D eigenvalue weighted by atomic mass is 9.83. The number of hydrazone groups is 1. The molecule has 2 heterocycles. The van der Waals surface area contributed by atoms with Crippen LogP contribution in [-0.2, 0) is 4.79 Å². The van der Waals surface area contributed by atoms with Crippen LogP contribution >= 0.6 is 11.8 Å². The minimum Gasteiger partial charge on any atom is -0.337 e. The molecular weight excluding hydrogens is 358 g/mol. The Labute approximate surface area is 163 Å². The number of nitriles is 1. The quantitative estimate of drug-likeness (QED) is 0.861. The second-order valence-corrected chi connectivity index (χ2v) is 8.66. The Hall–Kier alpha value is -2.33. The van der Waals surface area contributed by atoms with E-state index >= 15 is 0 Å². The highest BCUT2D eigenvalue weighted by Gasteiger charge is 2.37. The number of nitrogens with one attached hydrogen (secondary N) is 1. The maximum absolute atomic E-state index is 12.8. The molecule has 0 bridgehead atoms. The number of benzene rings is 1. The topological polar surface area (TPSA) is 80.8 Å². The summed E-state index contributed by atoms with van der Waals surface area (Å²) in [5.74, 6) is -0.107. The molecule has 4 rings (SSSR count). The molecule has 140 valence electrons. The third kappa shape index (κ3) is 3.46. The lowest BCUT2D eigenvalue weighted by molar-refractivity contribution is -0.121. The molecule has 1 N–H and O–H groups in total. The number of amides is 1. The maximum Gasteiger partial charge on any atom is 0.234 e. The van der Waals surface area contributed by atoms with Crippen LogP contribution in [0.3, 0.4) is 0 Å². The first-order valence-corrected chi connectivity index (χ1v) is 10.4. The summed E-state index contributed by atoms with van der Waals surface area (Å²) in [5, 5.41) is 19.4. The van der Waals surface area contributed by atoms with Gasteiger partial charge in [-0.3, -0.25) is 4.79 Å². The van der Waals surface area contributed by atoms with Crippen molar-refractivity contribution in [2.24, 2.45) is 10.1 Å². The zero-order valence-electron chi connectivity index (χ0n) is 15.4. The lowest BCUT2D eigenvalue weighted by Crippen LogP contribution is -2.51. The Morgan fingerprint density at radius 3 is 2.93 bits per heavy atom. The fraction of sp³-hybridized carbons (Fsp3) is 0.500. The van der Waals surface area contributed by atoms with Gasteiger partial charge in [0, 0.05) is 18.2 Å². The molecule has 2 aliphatic heterocycles. The van der Waals surface area contributed by atoms with Crippen LogP contribution in [0.5, 0.6) is 0 Å². The van der Waals surface area contributed by atoms with Gasteiger partial charge in [0.1, 0.15) is 5.54 Å². The summed E-state index contributed by atoms with van der Waals surface area (Å²) in [6.07, 6.45) is 7.33. The van der Waals surface area contributed by atoms with Crippen LogP contribution in [0, 0.1) is 11.3 Å². The van der Waals surface area contributed by atoms with Crippen LogP contribution in [0.1, 0.15) is 57.1 Å². The molecule has 0 unspecified atom stereocenters. The maximum atomic E-state index is 12.8. The number of hydrogen-bond donors (Lipinski definition) is 1.